The molecule has 2 aromatic heterocycles. The van der Waals surface area contributed by atoms with E-state index < -0.39 is 17.6 Å². The molecule has 1 N–H and O–H groups in total. The Bertz CT molecular complexity index is 1960. The molecule has 0 bridgehead atoms. The highest BCUT2D eigenvalue weighted by Crippen LogP contribution is 2.48. The van der Waals surface area contributed by atoms with Crippen LogP contribution in [0.3, 0.4) is 0 Å². The smallest absolute Gasteiger partial charge is 0.343 e. The average Bonchev–Trinajstić information content (AvgIpc) is 3.47. The molecule has 0 radical (unpaired) electrons. The van der Waals surface area contributed by atoms with E-state index in [1.54, 1.807) is 54.0 Å². The molecule has 9 nitrogen and oxygen atoms in total. The van der Waals surface area contributed by atoms with Crippen molar-refractivity contribution in [2.45, 2.75) is 51.0 Å². The van der Waals surface area contributed by atoms with Crippen molar-refractivity contribution in [2.75, 3.05) is 0 Å². The van der Waals surface area contributed by atoms with Gasteiger partial charge in [0.15, 0.2) is 5.60 Å². The lowest BCUT2D eigenvalue weighted by atomic mass is 9.83. The second-order valence-electron chi connectivity index (χ2n) is 11.0. The molecule has 0 saturated heterocycles. The maximum Gasteiger partial charge on any atom is 0.343 e. The van der Waals surface area contributed by atoms with Crippen LogP contribution in [0.5, 0.6) is 0 Å². The van der Waals surface area contributed by atoms with Crippen molar-refractivity contribution in [3.05, 3.63) is 96.8 Å². The summed E-state index contributed by atoms with van der Waals surface area (Å²) < 4.78 is 6.79. The van der Waals surface area contributed by atoms with Gasteiger partial charge in [0.2, 0.25) is 0 Å². The minimum absolute atomic E-state index is 0.0615. The molecule has 2 atom stereocenters. The minimum atomic E-state index is -1.91. The first-order chi connectivity index (χ1) is 19.7. The van der Waals surface area contributed by atoms with Gasteiger partial charge in [-0.05, 0) is 55.2 Å². The van der Waals surface area contributed by atoms with E-state index in [1.807, 2.05) is 0 Å². The molecule has 1 aliphatic carbocycles. The van der Waals surface area contributed by atoms with E-state index in [4.69, 9.17) is 21.3 Å². The summed E-state index contributed by atoms with van der Waals surface area (Å²) in [5.41, 5.74) is 3.32. The summed E-state index contributed by atoms with van der Waals surface area (Å²) in [6.45, 7) is 1.73. The number of imide groups is 1. The van der Waals surface area contributed by atoms with Gasteiger partial charge in [-0.1, -0.05) is 30.7 Å². The van der Waals surface area contributed by atoms with Gasteiger partial charge in [-0.2, -0.15) is 0 Å². The predicted molar refractivity (Wildman–Crippen MR) is 148 cm³/mol. The summed E-state index contributed by atoms with van der Waals surface area (Å²) in [7, 11) is 0. The van der Waals surface area contributed by atoms with Gasteiger partial charge in [0.1, 0.15) is 6.61 Å². The number of hydrogen-bond acceptors (Lipinski definition) is 7. The number of halogens is 1. The average molecular weight is 568 g/mol. The summed E-state index contributed by atoms with van der Waals surface area (Å²) in [6, 6.07) is 11.5. The van der Waals surface area contributed by atoms with Crippen LogP contribution in [0.1, 0.15) is 74.3 Å². The molecule has 4 aliphatic rings. The molecule has 10 heteroatoms. The lowest BCUT2D eigenvalue weighted by molar-refractivity contribution is -0.172. The van der Waals surface area contributed by atoms with Crippen LogP contribution in [0.4, 0.5) is 0 Å². The number of aromatic nitrogens is 2. The highest BCUT2D eigenvalue weighted by Gasteiger charge is 2.47. The Labute approximate surface area is 237 Å². The van der Waals surface area contributed by atoms with Gasteiger partial charge in [0.25, 0.3) is 17.4 Å². The zero-order valence-electron chi connectivity index (χ0n) is 21.9. The van der Waals surface area contributed by atoms with Gasteiger partial charge in [-0.15, -0.1) is 0 Å². The van der Waals surface area contributed by atoms with E-state index in [2.05, 4.69) is 0 Å². The fourth-order valence-corrected chi connectivity index (χ4v) is 7.33. The molecule has 2 amide bonds. The van der Waals surface area contributed by atoms with Crippen LogP contribution in [0.25, 0.3) is 22.3 Å². The molecule has 0 spiro atoms. The van der Waals surface area contributed by atoms with Gasteiger partial charge in [-0.25, -0.2) is 9.78 Å². The number of carbonyl (C=O) groups is 3. The first kappa shape index (κ1) is 24.5. The van der Waals surface area contributed by atoms with E-state index >= 15 is 0 Å². The Hall–Kier alpha value is -4.34. The number of amides is 2. The molecular formula is C31H22ClN3O6. The molecule has 0 fully saturated rings. The van der Waals surface area contributed by atoms with Crippen LogP contribution in [0.15, 0.2) is 47.3 Å². The van der Waals surface area contributed by atoms with E-state index in [0.29, 0.717) is 51.5 Å². The zero-order chi connectivity index (χ0) is 28.4. The SMILES string of the molecule is CC[C@@]1(O)C(=O)OCc2c1cc1n(c2=O)Cc2c-1nc1ccc(Cl)c3c1c2CCC3N1C(=O)c2ccccc2C1=O. The van der Waals surface area contributed by atoms with Crippen molar-refractivity contribution in [1.29, 1.82) is 0 Å². The van der Waals surface area contributed by atoms with Crippen LogP contribution in [0.2, 0.25) is 5.02 Å². The van der Waals surface area contributed by atoms with E-state index in [9.17, 15) is 24.3 Å². The quantitative estimate of drug-likeness (QED) is 0.253. The van der Waals surface area contributed by atoms with Crippen molar-refractivity contribution in [2.24, 2.45) is 0 Å². The van der Waals surface area contributed by atoms with Gasteiger partial charge >= 0.3 is 5.97 Å². The Balaban J connectivity index is 1.32. The molecule has 0 saturated carbocycles. The fourth-order valence-electron chi connectivity index (χ4n) is 7.04. The lowest BCUT2D eigenvalue weighted by Gasteiger charge is -2.33. The maximum absolute atomic E-state index is 13.6. The third-order valence-corrected chi connectivity index (χ3v) is 9.42. The molecule has 4 aromatic rings. The summed E-state index contributed by atoms with van der Waals surface area (Å²) in [4.78, 5) is 59.2. The van der Waals surface area contributed by atoms with Crippen molar-refractivity contribution in [3.63, 3.8) is 0 Å². The minimum Gasteiger partial charge on any atom is -0.458 e. The van der Waals surface area contributed by atoms with Gasteiger partial charge in [0.05, 0.1) is 46.2 Å². The molecule has 8 rings (SSSR count). The van der Waals surface area contributed by atoms with Gasteiger partial charge < -0.3 is 14.4 Å². The Morgan fingerprint density at radius 2 is 1.78 bits per heavy atom. The molecule has 1 unspecified atom stereocenters. The number of fused-ring (bicyclic) bond motifs is 6. The zero-order valence-corrected chi connectivity index (χ0v) is 22.6. The fraction of sp³-hybridized carbons (Fsp3) is 0.258. The number of carbonyl (C=O) groups excluding carboxylic acids is 3. The van der Waals surface area contributed by atoms with E-state index in [0.717, 1.165) is 16.5 Å². The first-order valence-electron chi connectivity index (χ1n) is 13.5. The number of ether oxygens (including phenoxy) is 1. The maximum atomic E-state index is 13.6. The van der Waals surface area contributed by atoms with Crippen molar-refractivity contribution in [1.82, 2.24) is 14.5 Å². The molecule has 41 heavy (non-hydrogen) atoms. The van der Waals surface area contributed by atoms with Crippen LogP contribution in [-0.2, 0) is 34.7 Å². The second-order valence-corrected chi connectivity index (χ2v) is 11.4. The standard InChI is InChI=1S/C31H22ClN3O6/c1-2-31(40)19-11-23-26-17(12-34(23)27(36)18(19)13-41-30(31)39)14-7-10-22(25-20(32)8-9-21(33-26)24(14)25)35-28(37)15-5-3-4-6-16(15)29(35)38/h3-6,8-9,11,22,40H,2,7,10,12-13H2,1H3/t22?,31-/m0/s1. The second kappa shape index (κ2) is 8.11. The number of aliphatic hydroxyl groups is 1. The number of benzene rings is 2. The van der Waals surface area contributed by atoms with Gasteiger partial charge in [-0.3, -0.25) is 19.3 Å². The van der Waals surface area contributed by atoms with Crippen molar-refractivity contribution in [3.8, 4) is 11.4 Å². The Morgan fingerprint density at radius 1 is 1.05 bits per heavy atom. The van der Waals surface area contributed by atoms with Gasteiger partial charge in [0, 0.05) is 27.1 Å². The summed E-state index contributed by atoms with van der Waals surface area (Å²) in [5, 5.41) is 12.4. The first-order valence-corrected chi connectivity index (χ1v) is 13.9. The molecular weight excluding hydrogens is 546 g/mol. The number of hydrogen-bond donors (Lipinski definition) is 1. The lowest BCUT2D eigenvalue weighted by Crippen LogP contribution is -2.44. The van der Waals surface area contributed by atoms with Crippen LogP contribution in [0, 0.1) is 0 Å². The third kappa shape index (κ3) is 2.97. The van der Waals surface area contributed by atoms with E-state index in [-0.39, 0.29) is 48.1 Å². The highest BCUT2D eigenvalue weighted by molar-refractivity contribution is 6.33. The molecule has 3 aliphatic heterocycles. The Morgan fingerprint density at radius 3 is 2.49 bits per heavy atom. The van der Waals surface area contributed by atoms with Crippen LogP contribution < -0.4 is 5.56 Å². The normalized spacial score (nSPS) is 22.0. The molecule has 204 valence electrons. The Kier molecular flexibility index (Phi) is 4.84. The largest absolute Gasteiger partial charge is 0.458 e. The van der Waals surface area contributed by atoms with Crippen molar-refractivity contribution < 1.29 is 24.2 Å². The number of aryl methyl sites for hydroxylation is 1. The number of cyclic esters (lactones) is 1. The van der Waals surface area contributed by atoms with Crippen LogP contribution >= 0.6 is 11.6 Å². The van der Waals surface area contributed by atoms with Crippen molar-refractivity contribution >= 4 is 40.3 Å². The summed E-state index contributed by atoms with van der Waals surface area (Å²) in [5.74, 6) is -1.45. The highest BCUT2D eigenvalue weighted by atomic mass is 35.5. The topological polar surface area (TPSA) is 119 Å². The third-order valence-electron chi connectivity index (χ3n) is 9.09. The number of rotatable bonds is 2. The molecule has 2 aromatic carbocycles. The number of esters is 1. The summed E-state index contributed by atoms with van der Waals surface area (Å²) >= 11 is 6.80. The number of nitrogens with zero attached hydrogens (tertiary/aromatic N) is 3. The van der Waals surface area contributed by atoms with Crippen LogP contribution in [-0.4, -0.2) is 37.3 Å². The predicted octanol–water partition coefficient (Wildman–Crippen LogP) is 4.02. The van der Waals surface area contributed by atoms with E-state index in [1.165, 1.54) is 4.90 Å². The number of pyridine rings is 2. The summed E-state index contributed by atoms with van der Waals surface area (Å²) in [6.07, 6.45) is 1.06. The monoisotopic (exact) mass is 567 g/mol. The molecule has 5 heterocycles.